The van der Waals surface area contributed by atoms with E-state index in [1.54, 1.807) is 0 Å². The molecule has 1 saturated heterocycles. The van der Waals surface area contributed by atoms with Crippen molar-refractivity contribution in [1.82, 2.24) is 0 Å². The fourth-order valence-corrected chi connectivity index (χ4v) is 2.10. The van der Waals surface area contributed by atoms with Gasteiger partial charge in [0.2, 0.25) is 5.91 Å². The van der Waals surface area contributed by atoms with Gasteiger partial charge in [-0.25, -0.2) is 0 Å². The molecule has 1 aromatic carbocycles. The van der Waals surface area contributed by atoms with Gasteiger partial charge in [-0.05, 0) is 30.5 Å². The van der Waals surface area contributed by atoms with Gasteiger partial charge in [0.15, 0.2) is 0 Å². The molecule has 3 N–H and O–H groups in total. The van der Waals surface area contributed by atoms with Crippen molar-refractivity contribution in [3.63, 3.8) is 0 Å². The zero-order valence-electron chi connectivity index (χ0n) is 12.0. The Labute approximate surface area is 131 Å². The number of ether oxygens (including phenoxy) is 2. The van der Waals surface area contributed by atoms with Gasteiger partial charge in [-0.3, -0.25) is 4.79 Å². The highest BCUT2D eigenvalue weighted by molar-refractivity contribution is 5.90. The lowest BCUT2D eigenvalue weighted by Gasteiger charge is -2.10. The zero-order chi connectivity index (χ0) is 14.2. The lowest BCUT2D eigenvalue weighted by molar-refractivity contribution is -0.117. The van der Waals surface area contributed by atoms with Gasteiger partial charge in [-0.1, -0.05) is 12.1 Å². The van der Waals surface area contributed by atoms with Crippen LogP contribution in [0.2, 0.25) is 0 Å². The van der Waals surface area contributed by atoms with E-state index < -0.39 is 0 Å². The molecule has 1 unspecified atom stereocenters. The average Bonchev–Trinajstić information content (AvgIpc) is 2.98. The number of hydrogen-bond acceptors (Lipinski definition) is 4. The predicted molar refractivity (Wildman–Crippen MR) is 84.6 cm³/mol. The van der Waals surface area contributed by atoms with E-state index in [9.17, 15) is 4.79 Å². The molecule has 1 heterocycles. The minimum absolute atomic E-state index is 0. The molecule has 21 heavy (non-hydrogen) atoms. The van der Waals surface area contributed by atoms with Gasteiger partial charge in [-0.15, -0.1) is 12.4 Å². The number of nitrogens with one attached hydrogen (secondary N) is 1. The Bertz CT molecular complexity index is 419. The van der Waals surface area contributed by atoms with Crippen LogP contribution in [0.15, 0.2) is 24.3 Å². The van der Waals surface area contributed by atoms with Gasteiger partial charge < -0.3 is 20.5 Å². The number of anilines is 1. The second-order valence-corrected chi connectivity index (χ2v) is 4.91. The van der Waals surface area contributed by atoms with E-state index in [1.165, 1.54) is 0 Å². The predicted octanol–water partition coefficient (Wildman–Crippen LogP) is 2.09. The van der Waals surface area contributed by atoms with Crippen LogP contribution in [-0.4, -0.2) is 31.8 Å². The summed E-state index contributed by atoms with van der Waals surface area (Å²) in [5.41, 5.74) is 7.35. The molecule has 1 atom stereocenters. The molecule has 1 aliphatic rings. The van der Waals surface area contributed by atoms with Crippen molar-refractivity contribution in [1.29, 1.82) is 0 Å². The van der Waals surface area contributed by atoms with Crippen molar-refractivity contribution < 1.29 is 14.3 Å². The number of hydrogen-bond donors (Lipinski definition) is 2. The summed E-state index contributed by atoms with van der Waals surface area (Å²) in [6.07, 6.45) is 2.72. The first kappa shape index (κ1) is 17.9. The first-order chi connectivity index (χ1) is 9.78. The molecule has 6 heteroatoms. The number of carbonyl (C=O) groups excluding carboxylic acids is 1. The van der Waals surface area contributed by atoms with Crippen molar-refractivity contribution >= 4 is 24.0 Å². The van der Waals surface area contributed by atoms with Crippen molar-refractivity contribution in [2.45, 2.75) is 31.9 Å². The van der Waals surface area contributed by atoms with Crippen LogP contribution in [0.5, 0.6) is 0 Å². The van der Waals surface area contributed by atoms with Gasteiger partial charge in [0.1, 0.15) is 0 Å². The molecule has 118 valence electrons. The summed E-state index contributed by atoms with van der Waals surface area (Å²) in [6.45, 7) is 2.34. The minimum Gasteiger partial charge on any atom is -0.378 e. The van der Waals surface area contributed by atoms with E-state index in [2.05, 4.69) is 5.32 Å². The highest BCUT2D eigenvalue weighted by Crippen LogP contribution is 2.12. The van der Waals surface area contributed by atoms with Crippen molar-refractivity contribution in [3.05, 3.63) is 29.8 Å². The van der Waals surface area contributed by atoms with Crippen LogP contribution in [0.25, 0.3) is 0 Å². The van der Waals surface area contributed by atoms with E-state index in [1.807, 2.05) is 24.3 Å². The Morgan fingerprint density at radius 1 is 1.38 bits per heavy atom. The summed E-state index contributed by atoms with van der Waals surface area (Å²) in [6, 6.07) is 7.52. The first-order valence-corrected chi connectivity index (χ1v) is 7.06. The second kappa shape index (κ2) is 9.73. The Morgan fingerprint density at radius 2 is 2.14 bits per heavy atom. The number of halogens is 1. The smallest absolute Gasteiger partial charge is 0.226 e. The molecule has 2 rings (SSSR count). The summed E-state index contributed by atoms with van der Waals surface area (Å²) in [4.78, 5) is 11.7. The zero-order valence-corrected chi connectivity index (χ0v) is 12.9. The van der Waals surface area contributed by atoms with Crippen LogP contribution in [0, 0.1) is 0 Å². The van der Waals surface area contributed by atoms with Crippen LogP contribution in [0.1, 0.15) is 24.8 Å². The molecule has 1 aromatic rings. The third kappa shape index (κ3) is 6.44. The Kier molecular flexibility index (Phi) is 8.30. The Hall–Kier alpha value is -1.14. The van der Waals surface area contributed by atoms with E-state index in [0.717, 1.165) is 30.7 Å². The van der Waals surface area contributed by atoms with Gasteiger partial charge >= 0.3 is 0 Å². The third-order valence-corrected chi connectivity index (χ3v) is 3.27. The molecule has 0 bridgehead atoms. The van der Waals surface area contributed by atoms with Gasteiger partial charge in [-0.2, -0.15) is 0 Å². The topological polar surface area (TPSA) is 73.6 Å². The Morgan fingerprint density at radius 3 is 2.76 bits per heavy atom. The number of carbonyl (C=O) groups is 1. The second-order valence-electron chi connectivity index (χ2n) is 4.91. The molecule has 1 aliphatic heterocycles. The van der Waals surface area contributed by atoms with Crippen molar-refractivity contribution in [2.24, 2.45) is 5.73 Å². The number of amides is 1. The number of nitrogens with two attached hydrogens (primary N) is 1. The minimum atomic E-state index is -0.0437. The summed E-state index contributed by atoms with van der Waals surface area (Å²) in [5, 5.41) is 2.83. The molecule has 0 aliphatic carbocycles. The number of benzene rings is 1. The molecule has 5 nitrogen and oxygen atoms in total. The highest BCUT2D eigenvalue weighted by Gasteiger charge is 2.15. The van der Waals surface area contributed by atoms with Crippen molar-refractivity contribution in [2.75, 3.05) is 25.1 Å². The molecule has 0 radical (unpaired) electrons. The maximum Gasteiger partial charge on any atom is 0.226 e. The molecular weight excluding hydrogens is 292 g/mol. The maximum atomic E-state index is 11.7. The molecular formula is C15H23ClN2O3. The molecule has 0 aromatic heterocycles. The van der Waals surface area contributed by atoms with Gasteiger partial charge in [0.05, 0.1) is 25.7 Å². The summed E-state index contributed by atoms with van der Waals surface area (Å²) < 4.78 is 10.9. The highest BCUT2D eigenvalue weighted by atomic mass is 35.5. The van der Waals surface area contributed by atoms with Crippen LogP contribution >= 0.6 is 12.4 Å². The third-order valence-electron chi connectivity index (χ3n) is 3.27. The van der Waals surface area contributed by atoms with Crippen molar-refractivity contribution in [3.8, 4) is 0 Å². The molecule has 0 spiro atoms. The maximum absolute atomic E-state index is 11.7. The summed E-state index contributed by atoms with van der Waals surface area (Å²) in [5.74, 6) is -0.0437. The van der Waals surface area contributed by atoms with E-state index >= 15 is 0 Å². The lowest BCUT2D eigenvalue weighted by atomic mass is 10.2. The fourth-order valence-electron chi connectivity index (χ4n) is 2.10. The summed E-state index contributed by atoms with van der Waals surface area (Å²) in [7, 11) is 0. The number of rotatable bonds is 7. The average molecular weight is 315 g/mol. The van der Waals surface area contributed by atoms with Crippen LogP contribution in [0.4, 0.5) is 5.69 Å². The normalized spacial score (nSPS) is 17.3. The van der Waals surface area contributed by atoms with Crippen LogP contribution < -0.4 is 11.1 Å². The molecule has 1 fully saturated rings. The largest absolute Gasteiger partial charge is 0.378 e. The molecule has 0 saturated carbocycles. The Balaban J connectivity index is 0.00000220. The fraction of sp³-hybridized carbons (Fsp3) is 0.533. The van der Waals surface area contributed by atoms with Gasteiger partial charge in [0, 0.05) is 18.8 Å². The van der Waals surface area contributed by atoms with Crippen LogP contribution in [0.3, 0.4) is 0 Å². The standard InChI is InChI=1S/C15H22N2O3.ClH/c16-10-12-3-5-13(6-4-12)17-15(18)7-9-19-11-14-2-1-8-20-14;/h3-6,14H,1-2,7-11,16H2,(H,17,18);1H. The van der Waals surface area contributed by atoms with E-state index in [0.29, 0.717) is 26.2 Å². The van der Waals surface area contributed by atoms with E-state index in [-0.39, 0.29) is 24.4 Å². The first-order valence-electron chi connectivity index (χ1n) is 7.06. The quantitative estimate of drug-likeness (QED) is 0.756. The lowest BCUT2D eigenvalue weighted by Crippen LogP contribution is -2.18. The summed E-state index contributed by atoms with van der Waals surface area (Å²) >= 11 is 0. The SMILES string of the molecule is Cl.NCc1ccc(NC(=O)CCOCC2CCCO2)cc1. The van der Waals surface area contributed by atoms with Gasteiger partial charge in [0.25, 0.3) is 0 Å². The van der Waals surface area contributed by atoms with Crippen LogP contribution in [-0.2, 0) is 20.8 Å². The van der Waals surface area contributed by atoms with E-state index in [4.69, 9.17) is 15.2 Å². The monoisotopic (exact) mass is 314 g/mol. The molecule has 1 amide bonds.